The van der Waals surface area contributed by atoms with Crippen LogP contribution in [0, 0.1) is 0 Å². The molecular weight excluding hydrogens is 159 g/mol. The van der Waals surface area contributed by atoms with Crippen molar-refractivity contribution in [1.29, 1.82) is 0 Å². The Balaban J connectivity index is -0.000000320. The molecule has 0 aliphatic rings. The van der Waals surface area contributed by atoms with Crippen molar-refractivity contribution in [2.45, 2.75) is 6.10 Å². The van der Waals surface area contributed by atoms with E-state index >= 15 is 0 Å². The molecule has 0 aliphatic carbocycles. The second-order valence-electron chi connectivity index (χ2n) is 1.66. The molecule has 0 fully saturated rings. The zero-order valence-electron chi connectivity index (χ0n) is 7.29. The van der Waals surface area contributed by atoms with E-state index in [9.17, 15) is 0 Å². The van der Waals surface area contributed by atoms with Crippen LogP contribution in [0.25, 0.3) is 0 Å². The number of hydrogen-bond donors (Lipinski definition) is 2. The summed E-state index contributed by atoms with van der Waals surface area (Å²) in [5, 5.41) is 17.0. The SMILES string of the molecule is C=CCOCC(O)CO.[H-].[K+]. The van der Waals surface area contributed by atoms with E-state index in [4.69, 9.17) is 14.9 Å². The minimum absolute atomic E-state index is 0. The summed E-state index contributed by atoms with van der Waals surface area (Å²) in [5.74, 6) is 0. The molecule has 1 unspecified atom stereocenters. The van der Waals surface area contributed by atoms with Crippen molar-refractivity contribution in [2.75, 3.05) is 19.8 Å². The molecular formula is C6H13KO3. The van der Waals surface area contributed by atoms with Gasteiger partial charge in [0.1, 0.15) is 6.10 Å². The van der Waals surface area contributed by atoms with E-state index in [0.29, 0.717) is 6.61 Å². The molecule has 0 amide bonds. The summed E-state index contributed by atoms with van der Waals surface area (Å²) < 4.78 is 4.81. The van der Waals surface area contributed by atoms with Gasteiger partial charge in [0.05, 0.1) is 19.8 Å². The number of ether oxygens (including phenoxy) is 1. The summed E-state index contributed by atoms with van der Waals surface area (Å²) in [6.07, 6.45) is 0.828. The van der Waals surface area contributed by atoms with Crippen LogP contribution < -0.4 is 51.4 Å². The van der Waals surface area contributed by atoms with Crippen molar-refractivity contribution in [3.8, 4) is 0 Å². The van der Waals surface area contributed by atoms with Gasteiger partial charge >= 0.3 is 51.4 Å². The molecule has 56 valence electrons. The molecule has 0 saturated heterocycles. The van der Waals surface area contributed by atoms with E-state index in [1.165, 1.54) is 0 Å². The van der Waals surface area contributed by atoms with Crippen LogP contribution in [0.15, 0.2) is 12.7 Å². The minimum atomic E-state index is -0.759. The molecule has 0 aliphatic heterocycles. The molecule has 2 N–H and O–H groups in total. The van der Waals surface area contributed by atoms with Crippen molar-refractivity contribution in [1.82, 2.24) is 0 Å². The van der Waals surface area contributed by atoms with Gasteiger partial charge in [-0.05, 0) is 0 Å². The molecule has 1 atom stereocenters. The van der Waals surface area contributed by atoms with E-state index in [-0.39, 0.29) is 66.0 Å². The first-order valence-corrected chi connectivity index (χ1v) is 2.78. The second kappa shape index (κ2) is 10.3. The fraction of sp³-hybridized carbons (Fsp3) is 0.667. The van der Waals surface area contributed by atoms with Gasteiger partial charge in [-0.1, -0.05) is 6.08 Å². The van der Waals surface area contributed by atoms with Gasteiger partial charge in [-0.2, -0.15) is 0 Å². The minimum Gasteiger partial charge on any atom is -1.00 e. The first kappa shape index (κ1) is 13.8. The maximum absolute atomic E-state index is 8.68. The molecule has 0 spiro atoms. The van der Waals surface area contributed by atoms with Crippen LogP contribution in [0.2, 0.25) is 0 Å². The summed E-state index contributed by atoms with van der Waals surface area (Å²) in [6, 6.07) is 0. The summed E-state index contributed by atoms with van der Waals surface area (Å²) in [7, 11) is 0. The third-order valence-corrected chi connectivity index (χ3v) is 0.757. The van der Waals surface area contributed by atoms with E-state index in [2.05, 4.69) is 6.58 Å². The quantitative estimate of drug-likeness (QED) is 0.259. The first-order chi connectivity index (χ1) is 4.31. The third kappa shape index (κ3) is 9.26. The Kier molecular flexibility index (Phi) is 14.2. The van der Waals surface area contributed by atoms with Crippen molar-refractivity contribution >= 4 is 0 Å². The van der Waals surface area contributed by atoms with E-state index in [1.807, 2.05) is 0 Å². The van der Waals surface area contributed by atoms with Gasteiger partial charge in [0.15, 0.2) is 0 Å². The molecule has 0 heterocycles. The standard InChI is InChI=1S/C6H12O3.K.H/c1-2-3-9-5-6(8)4-7;;/h2,6-8H,1,3-5H2;;/q;+1;-1. The average Bonchev–Trinajstić information content (AvgIpc) is 1.89. The number of aliphatic hydroxyl groups is 2. The van der Waals surface area contributed by atoms with E-state index in [0.717, 1.165) is 0 Å². The van der Waals surface area contributed by atoms with Crippen LogP contribution in [-0.4, -0.2) is 36.1 Å². The zero-order valence-corrected chi connectivity index (χ0v) is 9.41. The maximum Gasteiger partial charge on any atom is 1.00 e. The fourth-order valence-electron chi connectivity index (χ4n) is 0.340. The van der Waals surface area contributed by atoms with Crippen LogP contribution in [0.5, 0.6) is 0 Å². The van der Waals surface area contributed by atoms with Gasteiger partial charge in [-0.3, -0.25) is 0 Å². The van der Waals surface area contributed by atoms with Crippen LogP contribution in [0.1, 0.15) is 1.43 Å². The van der Waals surface area contributed by atoms with Crippen LogP contribution in [0.4, 0.5) is 0 Å². The number of hydrogen-bond acceptors (Lipinski definition) is 3. The molecule has 4 heteroatoms. The van der Waals surface area contributed by atoms with Gasteiger partial charge in [0.2, 0.25) is 0 Å². The molecule has 10 heavy (non-hydrogen) atoms. The smallest absolute Gasteiger partial charge is 1.00 e. The van der Waals surface area contributed by atoms with E-state index in [1.54, 1.807) is 6.08 Å². The molecule has 0 aromatic heterocycles. The Morgan fingerprint density at radius 1 is 1.70 bits per heavy atom. The average molecular weight is 172 g/mol. The molecule has 0 rings (SSSR count). The second-order valence-corrected chi connectivity index (χ2v) is 1.66. The summed E-state index contributed by atoms with van der Waals surface area (Å²) in [6.45, 7) is 3.74. The number of aliphatic hydroxyl groups excluding tert-OH is 2. The summed E-state index contributed by atoms with van der Waals surface area (Å²) >= 11 is 0. The third-order valence-electron chi connectivity index (χ3n) is 0.757. The molecule has 0 bridgehead atoms. The Bertz CT molecular complexity index is 82.2. The van der Waals surface area contributed by atoms with Crippen LogP contribution in [0.3, 0.4) is 0 Å². The topological polar surface area (TPSA) is 49.7 Å². The first-order valence-electron chi connectivity index (χ1n) is 2.78. The Morgan fingerprint density at radius 3 is 2.70 bits per heavy atom. The Labute approximate surface area is 105 Å². The predicted octanol–water partition coefficient (Wildman–Crippen LogP) is -3.34. The molecule has 0 aromatic rings. The molecule has 0 radical (unpaired) electrons. The normalized spacial score (nSPS) is 11.8. The Morgan fingerprint density at radius 2 is 2.30 bits per heavy atom. The van der Waals surface area contributed by atoms with Crippen molar-refractivity contribution < 1.29 is 67.8 Å². The van der Waals surface area contributed by atoms with Gasteiger partial charge < -0.3 is 16.4 Å². The van der Waals surface area contributed by atoms with Crippen molar-refractivity contribution in [2.24, 2.45) is 0 Å². The van der Waals surface area contributed by atoms with Gasteiger partial charge in [0.25, 0.3) is 0 Å². The summed E-state index contributed by atoms with van der Waals surface area (Å²) in [5.41, 5.74) is 0. The van der Waals surface area contributed by atoms with Crippen LogP contribution >= 0.6 is 0 Å². The summed E-state index contributed by atoms with van der Waals surface area (Å²) in [4.78, 5) is 0. The van der Waals surface area contributed by atoms with E-state index < -0.39 is 6.10 Å². The van der Waals surface area contributed by atoms with Crippen LogP contribution in [-0.2, 0) is 4.74 Å². The maximum atomic E-state index is 8.68. The van der Waals surface area contributed by atoms with Gasteiger partial charge in [-0.15, -0.1) is 6.58 Å². The van der Waals surface area contributed by atoms with Crippen molar-refractivity contribution in [3.63, 3.8) is 0 Å². The van der Waals surface area contributed by atoms with Crippen molar-refractivity contribution in [3.05, 3.63) is 12.7 Å². The fourth-order valence-corrected chi connectivity index (χ4v) is 0.340. The molecule has 0 saturated carbocycles. The zero-order chi connectivity index (χ0) is 7.11. The van der Waals surface area contributed by atoms with Gasteiger partial charge in [-0.25, -0.2) is 0 Å². The molecule has 0 aromatic carbocycles. The monoisotopic (exact) mass is 172 g/mol. The largest absolute Gasteiger partial charge is 1.00 e. The predicted molar refractivity (Wildman–Crippen MR) is 35.2 cm³/mol. The van der Waals surface area contributed by atoms with Gasteiger partial charge in [0, 0.05) is 0 Å². The Hall–Kier alpha value is 1.26. The molecule has 3 nitrogen and oxygen atoms in total. The number of rotatable bonds is 5.